The lowest BCUT2D eigenvalue weighted by Gasteiger charge is -2.40. The summed E-state index contributed by atoms with van der Waals surface area (Å²) in [5.41, 5.74) is 1.00. The molecule has 2 aliphatic rings. The zero-order valence-electron chi connectivity index (χ0n) is 13.5. The van der Waals surface area contributed by atoms with Crippen molar-refractivity contribution in [2.24, 2.45) is 0 Å². The maximum atomic E-state index is 5.44. The van der Waals surface area contributed by atoms with E-state index < -0.39 is 0 Å². The van der Waals surface area contributed by atoms with Gasteiger partial charge in [0.25, 0.3) is 0 Å². The van der Waals surface area contributed by atoms with Crippen molar-refractivity contribution in [1.82, 2.24) is 9.88 Å². The van der Waals surface area contributed by atoms with Crippen molar-refractivity contribution < 1.29 is 4.74 Å². The highest BCUT2D eigenvalue weighted by Gasteiger charge is 2.27. The number of para-hydroxylation sites is 1. The van der Waals surface area contributed by atoms with Crippen LogP contribution in [0.1, 0.15) is 12.8 Å². The van der Waals surface area contributed by atoms with Gasteiger partial charge in [0.2, 0.25) is 0 Å². The summed E-state index contributed by atoms with van der Waals surface area (Å²) in [5.74, 6) is 3.49. The van der Waals surface area contributed by atoms with Gasteiger partial charge in [-0.3, -0.25) is 4.90 Å². The number of hydrogen-bond donors (Lipinski definition) is 0. The summed E-state index contributed by atoms with van der Waals surface area (Å²) >= 11 is 3.88. The molecular formula is C17H23N3OS2. The van der Waals surface area contributed by atoms with Crippen LogP contribution in [0.2, 0.25) is 0 Å². The Hall–Kier alpha value is -0.980. The summed E-state index contributed by atoms with van der Waals surface area (Å²) in [7, 11) is 1.72. The highest BCUT2D eigenvalue weighted by molar-refractivity contribution is 7.99. The number of thiazole rings is 1. The molecule has 1 aromatic heterocycles. The first-order valence-corrected chi connectivity index (χ1v) is 10.3. The Morgan fingerprint density at radius 3 is 2.65 bits per heavy atom. The number of ether oxygens (including phenoxy) is 1. The third-order valence-corrected chi connectivity index (χ3v) is 6.91. The van der Waals surface area contributed by atoms with Gasteiger partial charge in [0, 0.05) is 43.7 Å². The van der Waals surface area contributed by atoms with Crippen LogP contribution >= 0.6 is 23.1 Å². The van der Waals surface area contributed by atoms with Crippen molar-refractivity contribution in [3.8, 4) is 5.75 Å². The molecule has 0 spiro atoms. The Morgan fingerprint density at radius 2 is 1.91 bits per heavy atom. The second kappa shape index (κ2) is 6.87. The normalized spacial score (nSPS) is 21.0. The van der Waals surface area contributed by atoms with Crippen LogP contribution in [-0.2, 0) is 0 Å². The predicted octanol–water partition coefficient (Wildman–Crippen LogP) is 3.32. The minimum absolute atomic E-state index is 0.774. The third kappa shape index (κ3) is 3.16. The van der Waals surface area contributed by atoms with Crippen LogP contribution in [0.25, 0.3) is 10.2 Å². The second-order valence-corrected chi connectivity index (χ2v) is 8.40. The van der Waals surface area contributed by atoms with Gasteiger partial charge in [0.1, 0.15) is 11.3 Å². The molecule has 1 aromatic carbocycles. The Balaban J connectivity index is 1.45. The minimum Gasteiger partial charge on any atom is -0.494 e. The maximum absolute atomic E-state index is 5.44. The molecule has 23 heavy (non-hydrogen) atoms. The van der Waals surface area contributed by atoms with Crippen LogP contribution in [0.3, 0.4) is 0 Å². The molecule has 6 heteroatoms. The van der Waals surface area contributed by atoms with Crippen LogP contribution in [0.5, 0.6) is 5.75 Å². The van der Waals surface area contributed by atoms with Gasteiger partial charge in [-0.2, -0.15) is 11.8 Å². The lowest BCUT2D eigenvalue weighted by Crippen LogP contribution is -2.47. The Labute approximate surface area is 145 Å². The van der Waals surface area contributed by atoms with Gasteiger partial charge in [0.15, 0.2) is 5.13 Å². The summed E-state index contributed by atoms with van der Waals surface area (Å²) in [6, 6.07) is 6.95. The molecule has 0 bridgehead atoms. The molecule has 0 unspecified atom stereocenters. The lowest BCUT2D eigenvalue weighted by atomic mass is 10.0. The summed E-state index contributed by atoms with van der Waals surface area (Å²) in [4.78, 5) is 10.0. The van der Waals surface area contributed by atoms with Crippen LogP contribution in [0.4, 0.5) is 5.13 Å². The van der Waals surface area contributed by atoms with E-state index in [1.54, 1.807) is 18.4 Å². The first-order valence-electron chi connectivity index (χ1n) is 8.35. The summed E-state index contributed by atoms with van der Waals surface area (Å²) in [5, 5.41) is 1.15. The Bertz CT molecular complexity index is 661. The van der Waals surface area contributed by atoms with Gasteiger partial charge in [-0.25, -0.2) is 4.98 Å². The first kappa shape index (κ1) is 15.5. The molecule has 0 amide bonds. The van der Waals surface area contributed by atoms with Crippen molar-refractivity contribution in [3.05, 3.63) is 18.2 Å². The molecule has 2 aliphatic heterocycles. The molecule has 4 rings (SSSR count). The second-order valence-electron chi connectivity index (χ2n) is 6.17. The smallest absolute Gasteiger partial charge is 0.186 e. The lowest BCUT2D eigenvalue weighted by molar-refractivity contribution is 0.186. The third-order valence-electron chi connectivity index (χ3n) is 4.89. The quantitative estimate of drug-likeness (QED) is 0.848. The van der Waals surface area contributed by atoms with Crippen LogP contribution < -0.4 is 9.64 Å². The monoisotopic (exact) mass is 349 g/mol. The number of aromatic nitrogens is 1. The molecule has 0 aliphatic carbocycles. The molecule has 0 radical (unpaired) electrons. The molecule has 0 saturated carbocycles. The summed E-state index contributed by atoms with van der Waals surface area (Å²) < 4.78 is 6.66. The molecular weight excluding hydrogens is 326 g/mol. The number of methoxy groups -OCH3 is 1. The Morgan fingerprint density at radius 1 is 1.13 bits per heavy atom. The number of hydrogen-bond acceptors (Lipinski definition) is 6. The van der Waals surface area contributed by atoms with E-state index in [9.17, 15) is 0 Å². The van der Waals surface area contributed by atoms with Crippen LogP contribution in [-0.4, -0.2) is 60.7 Å². The van der Waals surface area contributed by atoms with E-state index in [1.165, 1.54) is 42.1 Å². The fraction of sp³-hybridized carbons (Fsp3) is 0.588. The van der Waals surface area contributed by atoms with E-state index in [4.69, 9.17) is 9.72 Å². The van der Waals surface area contributed by atoms with Crippen LogP contribution in [0, 0.1) is 0 Å². The average molecular weight is 350 g/mol. The molecule has 0 atom stereocenters. The van der Waals surface area contributed by atoms with Crippen LogP contribution in [0.15, 0.2) is 18.2 Å². The molecule has 2 aromatic rings. The largest absolute Gasteiger partial charge is 0.494 e. The predicted molar refractivity (Wildman–Crippen MR) is 100 cm³/mol. The number of nitrogens with zero attached hydrogens (tertiary/aromatic N) is 3. The SMILES string of the molecule is COc1cccc2sc(N3CCC(N4CCSCC4)CC3)nc12. The number of piperidine rings is 1. The highest BCUT2D eigenvalue weighted by atomic mass is 32.2. The summed E-state index contributed by atoms with van der Waals surface area (Å²) in [6.45, 7) is 4.79. The minimum atomic E-state index is 0.774. The van der Waals surface area contributed by atoms with E-state index >= 15 is 0 Å². The van der Waals surface area contributed by atoms with Crippen molar-refractivity contribution >= 4 is 38.4 Å². The van der Waals surface area contributed by atoms with Crippen molar-refractivity contribution in [3.63, 3.8) is 0 Å². The number of fused-ring (bicyclic) bond motifs is 1. The van der Waals surface area contributed by atoms with E-state index in [2.05, 4.69) is 27.6 Å². The van der Waals surface area contributed by atoms with Gasteiger partial charge in [-0.1, -0.05) is 17.4 Å². The zero-order valence-corrected chi connectivity index (χ0v) is 15.2. The van der Waals surface area contributed by atoms with E-state index in [1.807, 2.05) is 12.1 Å². The molecule has 2 saturated heterocycles. The topological polar surface area (TPSA) is 28.6 Å². The number of rotatable bonds is 3. The number of benzene rings is 1. The van der Waals surface area contributed by atoms with Crippen molar-refractivity contribution in [1.29, 1.82) is 0 Å². The summed E-state index contributed by atoms with van der Waals surface area (Å²) in [6.07, 6.45) is 2.52. The number of anilines is 1. The standard InChI is InChI=1S/C17H23N3OS2/c1-21-14-3-2-4-15-16(14)18-17(23-15)20-7-5-13(6-8-20)19-9-11-22-12-10-19/h2-4,13H,5-12H2,1H3. The van der Waals surface area contributed by atoms with E-state index in [0.717, 1.165) is 35.5 Å². The van der Waals surface area contributed by atoms with Gasteiger partial charge < -0.3 is 9.64 Å². The van der Waals surface area contributed by atoms with Gasteiger partial charge in [-0.15, -0.1) is 0 Å². The molecule has 124 valence electrons. The molecule has 0 N–H and O–H groups in total. The van der Waals surface area contributed by atoms with Gasteiger partial charge in [0.05, 0.1) is 11.8 Å². The average Bonchev–Trinajstić information content (AvgIpc) is 3.07. The van der Waals surface area contributed by atoms with Gasteiger partial charge in [-0.05, 0) is 25.0 Å². The molecule has 4 nitrogen and oxygen atoms in total. The van der Waals surface area contributed by atoms with Crippen molar-refractivity contribution in [2.45, 2.75) is 18.9 Å². The van der Waals surface area contributed by atoms with Gasteiger partial charge >= 0.3 is 0 Å². The van der Waals surface area contributed by atoms with Crippen molar-refractivity contribution in [2.75, 3.05) is 49.7 Å². The number of thioether (sulfide) groups is 1. The molecule has 2 fully saturated rings. The van der Waals surface area contributed by atoms with E-state index in [-0.39, 0.29) is 0 Å². The molecule has 3 heterocycles. The zero-order chi connectivity index (χ0) is 15.6. The van der Waals surface area contributed by atoms with E-state index in [0.29, 0.717) is 0 Å². The highest BCUT2D eigenvalue weighted by Crippen LogP contribution is 2.35. The fourth-order valence-corrected chi connectivity index (χ4v) is 5.54. The Kier molecular flexibility index (Phi) is 4.64. The maximum Gasteiger partial charge on any atom is 0.186 e. The fourth-order valence-electron chi connectivity index (χ4n) is 3.58. The first-order chi connectivity index (χ1) is 11.3.